The summed E-state index contributed by atoms with van der Waals surface area (Å²) >= 11 is 0. The van der Waals surface area contributed by atoms with Crippen LogP contribution in [0.3, 0.4) is 0 Å². The van der Waals surface area contributed by atoms with E-state index >= 15 is 0 Å². The smallest absolute Gasteiger partial charge is 0.146 e. The molecule has 1 aliphatic rings. The first-order chi connectivity index (χ1) is 8.83. The summed E-state index contributed by atoms with van der Waals surface area (Å²) in [7, 11) is -1.07. The second-order valence-electron chi connectivity index (χ2n) is 4.50. The molecule has 1 aromatic heterocycles. The number of hydrogen-bond donors (Lipinski definition) is 1. The van der Waals surface area contributed by atoms with Crippen molar-refractivity contribution >= 4 is 21.8 Å². The van der Waals surface area contributed by atoms with Crippen molar-refractivity contribution in [3.8, 4) is 0 Å². The van der Waals surface area contributed by atoms with E-state index in [9.17, 15) is 4.21 Å². The first-order valence-electron chi connectivity index (χ1n) is 6.16. The maximum absolute atomic E-state index is 12.2. The van der Waals surface area contributed by atoms with Crippen LogP contribution in [0.1, 0.15) is 12.8 Å². The molecular weight excluding hydrogens is 246 g/mol. The highest BCUT2D eigenvalue weighted by atomic mass is 32.2. The predicted molar refractivity (Wildman–Crippen MR) is 71.8 cm³/mol. The van der Waals surface area contributed by atoms with Gasteiger partial charge in [-0.1, -0.05) is 12.1 Å². The Morgan fingerprint density at radius 3 is 2.94 bits per heavy atom. The number of benzene rings is 1. The Balaban J connectivity index is 1.82. The molecule has 2 heterocycles. The van der Waals surface area contributed by atoms with Crippen molar-refractivity contribution in [1.29, 1.82) is 0 Å². The van der Waals surface area contributed by atoms with E-state index in [0.717, 1.165) is 24.0 Å². The number of aromatic nitrogens is 2. The SMILES string of the molecule is O=S(CC1CCCN1)c1cnc2ccccc2n1. The minimum Gasteiger partial charge on any atom is -0.313 e. The lowest BCUT2D eigenvalue weighted by Gasteiger charge is -2.09. The van der Waals surface area contributed by atoms with E-state index in [0.29, 0.717) is 16.8 Å². The van der Waals surface area contributed by atoms with E-state index in [-0.39, 0.29) is 0 Å². The standard InChI is InChI=1S/C13H15N3OS/c17-18(9-10-4-3-7-14-10)13-8-15-11-5-1-2-6-12(11)16-13/h1-2,5-6,8,10,14H,3-4,7,9H2. The molecule has 1 aromatic carbocycles. The third-order valence-electron chi connectivity index (χ3n) is 3.17. The molecule has 1 fully saturated rings. The molecule has 2 atom stereocenters. The molecule has 3 rings (SSSR count). The summed E-state index contributed by atoms with van der Waals surface area (Å²) in [4.78, 5) is 8.73. The Morgan fingerprint density at radius 1 is 1.33 bits per heavy atom. The van der Waals surface area contributed by atoms with E-state index in [2.05, 4.69) is 15.3 Å². The Labute approximate surface area is 108 Å². The highest BCUT2D eigenvalue weighted by molar-refractivity contribution is 7.85. The van der Waals surface area contributed by atoms with Crippen LogP contribution in [0.15, 0.2) is 35.5 Å². The third kappa shape index (κ3) is 2.42. The fourth-order valence-electron chi connectivity index (χ4n) is 2.22. The molecular formula is C13H15N3OS. The highest BCUT2D eigenvalue weighted by Crippen LogP contribution is 2.13. The van der Waals surface area contributed by atoms with Gasteiger partial charge in [-0.3, -0.25) is 9.19 Å². The molecule has 1 N–H and O–H groups in total. The van der Waals surface area contributed by atoms with E-state index in [1.807, 2.05) is 24.3 Å². The number of nitrogens with zero attached hydrogens (tertiary/aromatic N) is 2. The molecule has 2 aromatic rings. The molecule has 0 bridgehead atoms. The van der Waals surface area contributed by atoms with Crippen molar-refractivity contribution in [1.82, 2.24) is 15.3 Å². The second-order valence-corrected chi connectivity index (χ2v) is 5.95. The molecule has 0 radical (unpaired) electrons. The van der Waals surface area contributed by atoms with Crippen LogP contribution in [0.4, 0.5) is 0 Å². The molecule has 1 saturated heterocycles. The monoisotopic (exact) mass is 261 g/mol. The lowest BCUT2D eigenvalue weighted by Crippen LogP contribution is -2.27. The fraction of sp³-hybridized carbons (Fsp3) is 0.385. The van der Waals surface area contributed by atoms with Gasteiger partial charge in [0.1, 0.15) is 5.03 Å². The van der Waals surface area contributed by atoms with Gasteiger partial charge in [0.05, 0.1) is 28.0 Å². The Bertz CT molecular complexity index is 581. The van der Waals surface area contributed by atoms with Crippen molar-refractivity contribution in [2.24, 2.45) is 0 Å². The van der Waals surface area contributed by atoms with Gasteiger partial charge in [-0.15, -0.1) is 0 Å². The maximum Gasteiger partial charge on any atom is 0.146 e. The van der Waals surface area contributed by atoms with E-state index < -0.39 is 10.8 Å². The van der Waals surface area contributed by atoms with E-state index in [1.165, 1.54) is 6.42 Å². The van der Waals surface area contributed by atoms with Gasteiger partial charge in [-0.25, -0.2) is 4.98 Å². The summed E-state index contributed by atoms with van der Waals surface area (Å²) in [6, 6.07) is 8.02. The summed E-state index contributed by atoms with van der Waals surface area (Å²) in [6.45, 7) is 1.03. The van der Waals surface area contributed by atoms with Gasteiger partial charge in [-0.2, -0.15) is 0 Å². The number of nitrogens with one attached hydrogen (secondary N) is 1. The average molecular weight is 261 g/mol. The Hall–Kier alpha value is -1.33. The maximum atomic E-state index is 12.2. The lowest BCUT2D eigenvalue weighted by molar-refractivity contribution is 0.641. The zero-order valence-corrected chi connectivity index (χ0v) is 10.8. The largest absolute Gasteiger partial charge is 0.313 e. The molecule has 0 spiro atoms. The highest BCUT2D eigenvalue weighted by Gasteiger charge is 2.18. The van der Waals surface area contributed by atoms with Crippen LogP contribution in [-0.2, 0) is 10.8 Å². The summed E-state index contributed by atoms with van der Waals surface area (Å²) in [5.74, 6) is 0.632. The summed E-state index contributed by atoms with van der Waals surface area (Å²) in [5.41, 5.74) is 1.65. The molecule has 4 nitrogen and oxygen atoms in total. The van der Waals surface area contributed by atoms with Gasteiger partial charge >= 0.3 is 0 Å². The van der Waals surface area contributed by atoms with Crippen molar-refractivity contribution < 1.29 is 4.21 Å². The number of rotatable bonds is 3. The third-order valence-corrected chi connectivity index (χ3v) is 4.54. The van der Waals surface area contributed by atoms with Crippen LogP contribution in [0.2, 0.25) is 0 Å². The van der Waals surface area contributed by atoms with Crippen molar-refractivity contribution in [2.45, 2.75) is 23.9 Å². The Morgan fingerprint density at radius 2 is 2.17 bits per heavy atom. The van der Waals surface area contributed by atoms with E-state index in [4.69, 9.17) is 0 Å². The topological polar surface area (TPSA) is 54.9 Å². The molecule has 5 heteroatoms. The van der Waals surface area contributed by atoms with Gasteiger partial charge in [0.15, 0.2) is 0 Å². The van der Waals surface area contributed by atoms with Gasteiger partial charge in [0.2, 0.25) is 0 Å². The first kappa shape index (κ1) is 11.7. The molecule has 0 saturated carbocycles. The summed E-state index contributed by atoms with van der Waals surface area (Å²) in [5, 5.41) is 3.94. The van der Waals surface area contributed by atoms with Gasteiger partial charge < -0.3 is 5.32 Å². The van der Waals surface area contributed by atoms with E-state index in [1.54, 1.807) is 6.20 Å². The van der Waals surface area contributed by atoms with Crippen LogP contribution in [0.25, 0.3) is 11.0 Å². The molecule has 18 heavy (non-hydrogen) atoms. The summed E-state index contributed by atoms with van der Waals surface area (Å²) < 4.78 is 12.2. The molecule has 94 valence electrons. The zero-order valence-electron chi connectivity index (χ0n) is 10.0. The van der Waals surface area contributed by atoms with Crippen molar-refractivity contribution in [2.75, 3.05) is 12.3 Å². The second kappa shape index (κ2) is 5.12. The van der Waals surface area contributed by atoms with Crippen LogP contribution in [0.5, 0.6) is 0 Å². The number of para-hydroxylation sites is 2. The number of hydrogen-bond acceptors (Lipinski definition) is 4. The predicted octanol–water partition coefficient (Wildman–Crippen LogP) is 1.49. The number of fused-ring (bicyclic) bond motifs is 1. The van der Waals surface area contributed by atoms with Gasteiger partial charge in [0.25, 0.3) is 0 Å². The fourth-order valence-corrected chi connectivity index (χ4v) is 3.41. The van der Waals surface area contributed by atoms with Crippen LogP contribution >= 0.6 is 0 Å². The average Bonchev–Trinajstić information content (AvgIpc) is 2.91. The summed E-state index contributed by atoms with van der Waals surface area (Å²) in [6.07, 6.45) is 3.91. The normalized spacial score (nSPS) is 21.2. The van der Waals surface area contributed by atoms with Gasteiger partial charge in [-0.05, 0) is 31.5 Å². The van der Waals surface area contributed by atoms with Crippen LogP contribution in [-0.4, -0.2) is 32.5 Å². The molecule has 2 unspecified atom stereocenters. The minimum absolute atomic E-state index is 0.360. The molecule has 1 aliphatic heterocycles. The zero-order chi connectivity index (χ0) is 12.4. The molecule has 0 aliphatic carbocycles. The van der Waals surface area contributed by atoms with Crippen LogP contribution < -0.4 is 5.32 Å². The minimum atomic E-state index is -1.07. The quantitative estimate of drug-likeness (QED) is 0.909. The molecule has 0 amide bonds. The van der Waals surface area contributed by atoms with Crippen molar-refractivity contribution in [3.63, 3.8) is 0 Å². The van der Waals surface area contributed by atoms with Crippen LogP contribution in [0, 0.1) is 0 Å². The Kier molecular flexibility index (Phi) is 3.34. The van der Waals surface area contributed by atoms with Crippen molar-refractivity contribution in [3.05, 3.63) is 30.5 Å². The lowest BCUT2D eigenvalue weighted by atomic mass is 10.3. The van der Waals surface area contributed by atoms with Gasteiger partial charge in [0, 0.05) is 11.8 Å². The first-order valence-corrected chi connectivity index (χ1v) is 7.48.